The van der Waals surface area contributed by atoms with Gasteiger partial charge in [-0.2, -0.15) is 0 Å². The molecular weight excluding hydrogens is 426 g/mol. The lowest BCUT2D eigenvalue weighted by Crippen LogP contribution is -2.47. The minimum Gasteiger partial charge on any atom is -0.547 e. The number of rotatable bonds is 6. The van der Waals surface area contributed by atoms with Gasteiger partial charge in [0.05, 0.1) is 30.1 Å². The molecule has 4 heterocycles. The molecule has 2 fully saturated rings. The Labute approximate surface area is 190 Å². The monoisotopic (exact) mass is 459 g/mol. The molecular formula is C23H33N3O5Si. The van der Waals surface area contributed by atoms with Crippen LogP contribution in [0.2, 0.25) is 18.1 Å². The Kier molecular flexibility index (Phi) is 5.61. The molecule has 4 atom stereocenters. The Morgan fingerprint density at radius 1 is 1.34 bits per heavy atom. The summed E-state index contributed by atoms with van der Waals surface area (Å²) in [7, 11) is -2.15. The largest absolute Gasteiger partial charge is 0.547 e. The summed E-state index contributed by atoms with van der Waals surface area (Å²) in [6.07, 6.45) is 3.36. The maximum absolute atomic E-state index is 13.1. The molecule has 9 heteroatoms. The van der Waals surface area contributed by atoms with Crippen LogP contribution >= 0.6 is 0 Å². The molecule has 2 saturated heterocycles. The van der Waals surface area contributed by atoms with Crippen molar-refractivity contribution >= 4 is 20.4 Å². The lowest BCUT2D eigenvalue weighted by Gasteiger charge is -2.40. The van der Waals surface area contributed by atoms with Crippen molar-refractivity contribution < 1.29 is 23.5 Å². The van der Waals surface area contributed by atoms with Gasteiger partial charge in [-0.1, -0.05) is 26.8 Å². The molecule has 0 spiro atoms. The number of amides is 1. The van der Waals surface area contributed by atoms with E-state index in [1.54, 1.807) is 18.0 Å². The molecule has 8 nitrogen and oxygen atoms in total. The standard InChI is InChI=1S/C23H33N3O5Si/c1-7-29-20(27)19-23(17-10-8-9-11-24-17)15-16(31-32(5,6)22(2,3)4)14-18(26(19)23)25-12-13-30-21(25)28/h8-11,14,18-19H,7,12-13,15H2,1-6H3/t18-,19+,23-,26?/m0/s1. The van der Waals surface area contributed by atoms with Crippen LogP contribution in [0.25, 0.3) is 0 Å². The normalized spacial score (nSPS) is 29.7. The zero-order valence-electron chi connectivity index (χ0n) is 19.8. The average Bonchev–Trinajstić information content (AvgIpc) is 3.23. The van der Waals surface area contributed by atoms with Crippen LogP contribution < -0.4 is 0 Å². The van der Waals surface area contributed by atoms with Crippen molar-refractivity contribution in [1.82, 2.24) is 14.8 Å². The van der Waals surface area contributed by atoms with Gasteiger partial charge in [-0.15, -0.1) is 0 Å². The summed E-state index contributed by atoms with van der Waals surface area (Å²) < 4.78 is 17.4. The second kappa shape index (κ2) is 7.88. The average molecular weight is 460 g/mol. The van der Waals surface area contributed by atoms with Crippen LogP contribution in [-0.4, -0.2) is 67.1 Å². The fourth-order valence-electron chi connectivity index (χ4n) is 4.45. The number of pyridine rings is 1. The van der Waals surface area contributed by atoms with Crippen LogP contribution in [0, 0.1) is 0 Å². The first-order valence-electron chi connectivity index (χ1n) is 11.2. The quantitative estimate of drug-likeness (QED) is 0.365. The molecule has 1 unspecified atom stereocenters. The van der Waals surface area contributed by atoms with Gasteiger partial charge in [-0.25, -0.2) is 4.79 Å². The van der Waals surface area contributed by atoms with Crippen molar-refractivity contribution in [3.63, 3.8) is 0 Å². The molecule has 4 rings (SSSR count). The molecule has 0 bridgehead atoms. The number of esters is 1. The smallest absolute Gasteiger partial charge is 0.411 e. The van der Waals surface area contributed by atoms with Gasteiger partial charge >= 0.3 is 12.1 Å². The third-order valence-electron chi connectivity index (χ3n) is 7.11. The van der Waals surface area contributed by atoms with E-state index in [9.17, 15) is 9.59 Å². The SMILES string of the molecule is CCOC(=O)[C@H]1N2[C@H](N3CCOC3=O)C=C(O[Si](C)(C)C(C)(C)C)C[C@]12c1ccccn1. The minimum atomic E-state index is -2.15. The highest BCUT2D eigenvalue weighted by atomic mass is 28.4. The summed E-state index contributed by atoms with van der Waals surface area (Å²) in [6, 6.07) is 5.16. The summed E-state index contributed by atoms with van der Waals surface area (Å²) in [5.74, 6) is 0.493. The third kappa shape index (κ3) is 3.61. The number of hydrogen-bond acceptors (Lipinski definition) is 7. The molecule has 1 aromatic rings. The van der Waals surface area contributed by atoms with E-state index in [4.69, 9.17) is 13.9 Å². The van der Waals surface area contributed by atoms with E-state index < -0.39 is 26.1 Å². The zero-order chi connectivity index (χ0) is 23.3. The van der Waals surface area contributed by atoms with E-state index in [2.05, 4.69) is 38.8 Å². The van der Waals surface area contributed by atoms with Gasteiger partial charge in [0, 0.05) is 12.6 Å². The van der Waals surface area contributed by atoms with E-state index in [0.717, 1.165) is 11.5 Å². The maximum atomic E-state index is 13.1. The second-order valence-corrected chi connectivity index (χ2v) is 14.8. The number of nitrogens with zero attached hydrogens (tertiary/aromatic N) is 3. The summed E-state index contributed by atoms with van der Waals surface area (Å²) in [5.41, 5.74) is 0.0630. The highest BCUT2D eigenvalue weighted by molar-refractivity contribution is 6.74. The molecule has 0 N–H and O–H groups in total. The van der Waals surface area contributed by atoms with Crippen molar-refractivity contribution in [1.29, 1.82) is 0 Å². The van der Waals surface area contributed by atoms with Gasteiger partial charge in [-0.3, -0.25) is 19.6 Å². The topological polar surface area (TPSA) is 81.0 Å². The van der Waals surface area contributed by atoms with Gasteiger partial charge in [-0.05, 0) is 43.3 Å². The number of cyclic esters (lactones) is 1. The Morgan fingerprint density at radius 3 is 2.66 bits per heavy atom. The fourth-order valence-corrected chi connectivity index (χ4v) is 5.55. The number of ether oxygens (including phenoxy) is 2. The Bertz CT molecular complexity index is 929. The molecule has 3 aliphatic heterocycles. The van der Waals surface area contributed by atoms with Crippen molar-refractivity contribution in [3.8, 4) is 0 Å². The van der Waals surface area contributed by atoms with E-state index in [1.807, 2.05) is 29.2 Å². The number of carbonyl (C=O) groups is 2. The Hall–Kier alpha value is -2.39. The second-order valence-electron chi connectivity index (χ2n) is 10.1. The zero-order valence-corrected chi connectivity index (χ0v) is 20.8. The summed E-state index contributed by atoms with van der Waals surface area (Å²) in [4.78, 5) is 33.9. The van der Waals surface area contributed by atoms with Crippen molar-refractivity contribution in [2.24, 2.45) is 0 Å². The third-order valence-corrected chi connectivity index (χ3v) is 11.5. The highest BCUT2D eigenvalue weighted by Crippen LogP contribution is 2.59. The van der Waals surface area contributed by atoms with E-state index >= 15 is 0 Å². The van der Waals surface area contributed by atoms with Gasteiger partial charge < -0.3 is 13.9 Å². The molecule has 1 amide bonds. The van der Waals surface area contributed by atoms with Crippen LogP contribution in [-0.2, 0) is 24.2 Å². The van der Waals surface area contributed by atoms with Crippen LogP contribution in [0.1, 0.15) is 39.8 Å². The van der Waals surface area contributed by atoms with Crippen molar-refractivity contribution in [2.45, 2.75) is 70.0 Å². The van der Waals surface area contributed by atoms with E-state index in [-0.39, 0.29) is 17.1 Å². The molecule has 3 aliphatic rings. The maximum Gasteiger partial charge on any atom is 0.411 e. The molecule has 174 valence electrons. The molecule has 0 saturated carbocycles. The highest BCUT2D eigenvalue weighted by Gasteiger charge is 2.74. The van der Waals surface area contributed by atoms with Gasteiger partial charge in [0.15, 0.2) is 0 Å². The van der Waals surface area contributed by atoms with Crippen LogP contribution in [0.3, 0.4) is 0 Å². The summed E-state index contributed by atoms with van der Waals surface area (Å²) in [6.45, 7) is 13.8. The number of aromatic nitrogens is 1. The fraction of sp³-hybridized carbons (Fsp3) is 0.609. The Balaban J connectivity index is 1.79. The van der Waals surface area contributed by atoms with Crippen LogP contribution in [0.4, 0.5) is 4.79 Å². The molecule has 1 aromatic heterocycles. The molecule has 0 radical (unpaired) electrons. The number of fused-ring (bicyclic) bond motifs is 1. The first-order chi connectivity index (χ1) is 15.0. The first-order valence-corrected chi connectivity index (χ1v) is 14.1. The summed E-state index contributed by atoms with van der Waals surface area (Å²) >= 11 is 0. The molecule has 32 heavy (non-hydrogen) atoms. The number of hydrogen-bond donors (Lipinski definition) is 0. The van der Waals surface area contributed by atoms with E-state index in [1.165, 1.54) is 0 Å². The van der Waals surface area contributed by atoms with Crippen LogP contribution in [0.15, 0.2) is 36.2 Å². The van der Waals surface area contributed by atoms with Crippen molar-refractivity contribution in [2.75, 3.05) is 19.8 Å². The van der Waals surface area contributed by atoms with Crippen molar-refractivity contribution in [3.05, 3.63) is 41.9 Å². The van der Waals surface area contributed by atoms with Gasteiger partial charge in [0.2, 0.25) is 8.32 Å². The molecule has 0 aromatic carbocycles. The van der Waals surface area contributed by atoms with Crippen LogP contribution in [0.5, 0.6) is 0 Å². The van der Waals surface area contributed by atoms with E-state index in [0.29, 0.717) is 26.2 Å². The Morgan fingerprint density at radius 2 is 2.09 bits per heavy atom. The molecule has 0 aliphatic carbocycles. The lowest BCUT2D eigenvalue weighted by atomic mass is 9.93. The van der Waals surface area contributed by atoms with Gasteiger partial charge in [0.1, 0.15) is 18.8 Å². The minimum absolute atomic E-state index is 0.00923. The van der Waals surface area contributed by atoms with Gasteiger partial charge in [0.25, 0.3) is 0 Å². The predicted molar refractivity (Wildman–Crippen MR) is 121 cm³/mol. The summed E-state index contributed by atoms with van der Waals surface area (Å²) in [5, 5.41) is 0.00923. The predicted octanol–water partition coefficient (Wildman–Crippen LogP) is 3.61. The number of carbonyl (C=O) groups excluding carboxylic acids is 2. The lowest BCUT2D eigenvalue weighted by molar-refractivity contribution is -0.143. The first kappa shape index (κ1) is 22.8.